The summed E-state index contributed by atoms with van der Waals surface area (Å²) >= 11 is 0. The molecule has 250 valence electrons. The van der Waals surface area contributed by atoms with Crippen LogP contribution in [0.25, 0.3) is 38.8 Å². The zero-order valence-corrected chi connectivity index (χ0v) is 27.3. The number of nitrogens with two attached hydrogens (primary N) is 1. The first-order valence-corrected chi connectivity index (χ1v) is 15.3. The molecule has 0 unspecified atom stereocenters. The Bertz CT molecular complexity index is 2320. The van der Waals surface area contributed by atoms with Gasteiger partial charge in [-0.1, -0.05) is 6.07 Å². The summed E-state index contributed by atoms with van der Waals surface area (Å²) in [5.41, 5.74) is 6.72. The van der Waals surface area contributed by atoms with Crippen molar-refractivity contribution in [2.75, 3.05) is 0 Å². The van der Waals surface area contributed by atoms with Gasteiger partial charge in [0.05, 0.1) is 17.9 Å². The van der Waals surface area contributed by atoms with Gasteiger partial charge < -0.3 is 15.2 Å². The minimum atomic E-state index is -1.01. The number of pyridine rings is 1. The van der Waals surface area contributed by atoms with Gasteiger partial charge in [0.1, 0.15) is 22.7 Å². The summed E-state index contributed by atoms with van der Waals surface area (Å²) < 4.78 is 45.1. The van der Waals surface area contributed by atoms with Crippen molar-refractivity contribution < 1.29 is 27.8 Å². The van der Waals surface area contributed by atoms with Crippen LogP contribution in [0.3, 0.4) is 0 Å². The van der Waals surface area contributed by atoms with E-state index in [-0.39, 0.29) is 28.2 Å². The molecular formula is C36H32F2N6O5. The molecule has 2 N–H and O–H groups in total. The summed E-state index contributed by atoms with van der Waals surface area (Å²) in [6.07, 6.45) is 3.97. The van der Waals surface area contributed by atoms with Gasteiger partial charge in [-0.15, -0.1) is 0 Å². The van der Waals surface area contributed by atoms with Crippen LogP contribution in [0.15, 0.2) is 84.0 Å². The normalized spacial score (nSPS) is 11.6. The fraction of sp³-hybridized carbons (Fsp3) is 0.194. The Hall–Kier alpha value is -6.11. The Balaban J connectivity index is 1.40. The predicted octanol–water partition coefficient (Wildman–Crippen LogP) is 7.00. The number of carbonyl (C=O) groups excluding carboxylic acids is 2. The van der Waals surface area contributed by atoms with Crippen LogP contribution in [0.2, 0.25) is 0 Å². The van der Waals surface area contributed by atoms with Crippen molar-refractivity contribution in [3.8, 4) is 39.4 Å². The first-order valence-electron chi connectivity index (χ1n) is 15.3. The Labute approximate surface area is 279 Å². The molecule has 3 heterocycles. The molecular weight excluding hydrogens is 634 g/mol. The van der Waals surface area contributed by atoms with E-state index < -0.39 is 34.8 Å². The van der Waals surface area contributed by atoms with E-state index in [0.29, 0.717) is 29.1 Å². The summed E-state index contributed by atoms with van der Waals surface area (Å²) in [6, 6.07) is 14.3. The average Bonchev–Trinajstić information content (AvgIpc) is 3.68. The molecule has 11 nitrogen and oxygen atoms in total. The van der Waals surface area contributed by atoms with Crippen molar-refractivity contribution in [3.63, 3.8) is 0 Å². The fourth-order valence-electron chi connectivity index (χ4n) is 5.52. The quantitative estimate of drug-likeness (QED) is 0.194. The lowest BCUT2D eigenvalue weighted by Gasteiger charge is -2.18. The SMILES string of the molecule is CCn1ncc2cc(Oc3ccc(-c4cc(C)n(-c5ccc(F)cc5)c(=O)c4C(N)=O)cc3F)c(-c3cnn(C(=O)OC(C)(C)C)c3)cc21. The Morgan fingerprint density at radius 3 is 2.29 bits per heavy atom. The Morgan fingerprint density at radius 2 is 1.63 bits per heavy atom. The van der Waals surface area contributed by atoms with Crippen LogP contribution in [-0.4, -0.2) is 41.7 Å². The Kier molecular flexibility index (Phi) is 8.36. The lowest BCUT2D eigenvalue weighted by Crippen LogP contribution is -2.31. The zero-order chi connectivity index (χ0) is 35.2. The van der Waals surface area contributed by atoms with Crippen molar-refractivity contribution in [3.05, 3.63) is 112 Å². The maximum atomic E-state index is 15.9. The molecule has 0 aliphatic heterocycles. The van der Waals surface area contributed by atoms with E-state index in [4.69, 9.17) is 15.2 Å². The van der Waals surface area contributed by atoms with Crippen LogP contribution in [0, 0.1) is 18.6 Å². The predicted molar refractivity (Wildman–Crippen MR) is 179 cm³/mol. The number of benzene rings is 3. The van der Waals surface area contributed by atoms with Crippen molar-refractivity contribution in [1.82, 2.24) is 24.1 Å². The number of aromatic nitrogens is 5. The Morgan fingerprint density at radius 1 is 0.898 bits per heavy atom. The van der Waals surface area contributed by atoms with Crippen LogP contribution in [-0.2, 0) is 11.3 Å². The summed E-state index contributed by atoms with van der Waals surface area (Å²) in [4.78, 5) is 38.8. The standard InChI is InChI=1S/C36H32F2N6O5/c1-6-42-29-16-26(23-18-41-43(19-23)35(47)49-36(3,4)5)31(15-22(29)17-40-42)48-30-12-7-21(14-28(30)38)27-13-20(2)44(34(46)32(27)33(39)45)25-10-8-24(37)9-11-25/h7-19H,6H2,1-5H3,(H2,39,45). The van der Waals surface area contributed by atoms with Crippen LogP contribution < -0.4 is 16.0 Å². The third-order valence-corrected chi connectivity index (χ3v) is 7.70. The summed E-state index contributed by atoms with van der Waals surface area (Å²) in [6.45, 7) is 9.42. The number of rotatable bonds is 7. The molecule has 3 aromatic heterocycles. The molecule has 6 rings (SSSR count). The number of fused-ring (bicyclic) bond motifs is 1. The number of amides is 1. The summed E-state index contributed by atoms with van der Waals surface area (Å²) in [5.74, 6) is -2.17. The molecule has 0 spiro atoms. The number of halogens is 2. The number of hydrogen-bond acceptors (Lipinski definition) is 7. The highest BCUT2D eigenvalue weighted by molar-refractivity contribution is 5.99. The topological polar surface area (TPSA) is 136 Å². The van der Waals surface area contributed by atoms with Crippen LogP contribution >= 0.6 is 0 Å². The highest BCUT2D eigenvalue weighted by Gasteiger charge is 2.23. The van der Waals surface area contributed by atoms with E-state index >= 15 is 4.39 Å². The second-order valence-electron chi connectivity index (χ2n) is 12.3. The molecule has 0 aliphatic rings. The zero-order valence-electron chi connectivity index (χ0n) is 27.3. The van der Waals surface area contributed by atoms with Gasteiger partial charge in [0, 0.05) is 46.2 Å². The number of primary amides is 1. The number of nitrogens with zero attached hydrogens (tertiary/aromatic N) is 5. The minimum Gasteiger partial charge on any atom is -0.454 e. The first kappa shape index (κ1) is 32.8. The van der Waals surface area contributed by atoms with Gasteiger partial charge in [-0.05, 0) is 94.8 Å². The van der Waals surface area contributed by atoms with Gasteiger partial charge in [0.25, 0.3) is 11.5 Å². The second-order valence-corrected chi connectivity index (χ2v) is 12.3. The second kappa shape index (κ2) is 12.5. The van der Waals surface area contributed by atoms with Gasteiger partial charge in [-0.25, -0.2) is 13.6 Å². The van der Waals surface area contributed by atoms with Crippen LogP contribution in [0.5, 0.6) is 11.5 Å². The maximum Gasteiger partial charge on any atom is 0.435 e. The molecule has 0 saturated heterocycles. The van der Waals surface area contributed by atoms with Crippen molar-refractivity contribution >= 4 is 22.9 Å². The molecule has 0 atom stereocenters. The van der Waals surface area contributed by atoms with Crippen molar-refractivity contribution in [2.45, 2.75) is 46.8 Å². The molecule has 0 saturated carbocycles. The lowest BCUT2D eigenvalue weighted by atomic mass is 9.99. The highest BCUT2D eigenvalue weighted by Crippen LogP contribution is 2.39. The van der Waals surface area contributed by atoms with E-state index in [1.165, 1.54) is 53.4 Å². The van der Waals surface area contributed by atoms with E-state index in [1.54, 1.807) is 50.7 Å². The summed E-state index contributed by atoms with van der Waals surface area (Å²) in [5, 5.41) is 9.32. The van der Waals surface area contributed by atoms with Gasteiger partial charge in [0.15, 0.2) is 11.6 Å². The van der Waals surface area contributed by atoms with E-state index in [0.717, 1.165) is 21.7 Å². The third kappa shape index (κ3) is 6.42. The maximum absolute atomic E-state index is 15.9. The smallest absolute Gasteiger partial charge is 0.435 e. The van der Waals surface area contributed by atoms with Gasteiger partial charge in [-0.2, -0.15) is 14.9 Å². The van der Waals surface area contributed by atoms with Gasteiger partial charge in [0.2, 0.25) is 0 Å². The summed E-state index contributed by atoms with van der Waals surface area (Å²) in [7, 11) is 0. The van der Waals surface area contributed by atoms with Crippen molar-refractivity contribution in [2.24, 2.45) is 5.73 Å². The molecule has 49 heavy (non-hydrogen) atoms. The molecule has 0 aliphatic carbocycles. The molecule has 1 amide bonds. The number of hydrogen-bond donors (Lipinski definition) is 1. The van der Waals surface area contributed by atoms with E-state index in [1.807, 2.05) is 13.0 Å². The van der Waals surface area contributed by atoms with Gasteiger partial charge in [-0.3, -0.25) is 18.8 Å². The van der Waals surface area contributed by atoms with Crippen LogP contribution in [0.4, 0.5) is 13.6 Å². The highest BCUT2D eigenvalue weighted by atomic mass is 19.1. The van der Waals surface area contributed by atoms with Crippen molar-refractivity contribution in [1.29, 1.82) is 0 Å². The minimum absolute atomic E-state index is 0.127. The number of aryl methyl sites for hydroxylation is 2. The molecule has 6 aromatic rings. The molecule has 13 heteroatoms. The third-order valence-electron chi connectivity index (χ3n) is 7.70. The van der Waals surface area contributed by atoms with Crippen LogP contribution in [0.1, 0.15) is 43.7 Å². The van der Waals surface area contributed by atoms with Gasteiger partial charge >= 0.3 is 6.09 Å². The molecule has 0 bridgehead atoms. The van der Waals surface area contributed by atoms with E-state index in [9.17, 15) is 18.8 Å². The molecule has 0 fully saturated rings. The number of carbonyl (C=O) groups is 2. The average molecular weight is 667 g/mol. The molecule has 3 aromatic carbocycles. The largest absolute Gasteiger partial charge is 0.454 e. The molecule has 0 radical (unpaired) electrons. The fourth-order valence-corrected chi connectivity index (χ4v) is 5.52. The number of ether oxygens (including phenoxy) is 2. The first-order chi connectivity index (χ1) is 23.2. The lowest BCUT2D eigenvalue weighted by molar-refractivity contribution is 0.0514. The monoisotopic (exact) mass is 666 g/mol. The van der Waals surface area contributed by atoms with E-state index in [2.05, 4.69) is 10.2 Å².